The van der Waals surface area contributed by atoms with Crippen LogP contribution in [0.5, 0.6) is 0 Å². The van der Waals surface area contributed by atoms with Gasteiger partial charge in [-0.2, -0.15) is 0 Å². The maximum atomic E-state index is 12.4. The molecule has 3 fully saturated rings. The van der Waals surface area contributed by atoms with Gasteiger partial charge in [-0.25, -0.2) is 0 Å². The van der Waals surface area contributed by atoms with Gasteiger partial charge >= 0.3 is 0 Å². The van der Waals surface area contributed by atoms with Crippen LogP contribution in [0.1, 0.15) is 65.2 Å². The van der Waals surface area contributed by atoms with E-state index < -0.39 is 0 Å². The van der Waals surface area contributed by atoms with Gasteiger partial charge < -0.3 is 0 Å². The number of allylic oxidation sites excluding steroid dienone is 2. The molecule has 0 saturated heterocycles. The smallest absolute Gasteiger partial charge is 0.139 e. The number of carbonyl (C=O) groups excluding carboxylic acids is 1. The average molecular weight is 272 g/mol. The summed E-state index contributed by atoms with van der Waals surface area (Å²) in [5, 5.41) is 0. The van der Waals surface area contributed by atoms with E-state index in [0.717, 1.165) is 24.2 Å². The molecular weight excluding hydrogens is 244 g/mol. The molecular formula is C19H28O. The zero-order valence-electron chi connectivity index (χ0n) is 13.0. The topological polar surface area (TPSA) is 17.1 Å². The summed E-state index contributed by atoms with van der Waals surface area (Å²) in [5.41, 5.74) is 0.583. The van der Waals surface area contributed by atoms with Crippen molar-refractivity contribution in [3.63, 3.8) is 0 Å². The van der Waals surface area contributed by atoms with Crippen molar-refractivity contribution in [2.75, 3.05) is 0 Å². The van der Waals surface area contributed by atoms with Crippen molar-refractivity contribution in [2.45, 2.75) is 65.2 Å². The molecule has 4 aliphatic carbocycles. The Morgan fingerprint density at radius 1 is 1.05 bits per heavy atom. The second kappa shape index (κ2) is 4.21. The molecule has 110 valence electrons. The minimum Gasteiger partial charge on any atom is -0.299 e. The fourth-order valence-corrected chi connectivity index (χ4v) is 6.61. The normalized spacial score (nSPS) is 54.2. The lowest BCUT2D eigenvalue weighted by Gasteiger charge is -2.58. The molecule has 4 rings (SSSR count). The van der Waals surface area contributed by atoms with Gasteiger partial charge in [0.25, 0.3) is 0 Å². The van der Waals surface area contributed by atoms with Crippen LogP contribution in [0.25, 0.3) is 0 Å². The van der Waals surface area contributed by atoms with Crippen molar-refractivity contribution < 1.29 is 4.79 Å². The molecule has 0 radical (unpaired) electrons. The summed E-state index contributed by atoms with van der Waals surface area (Å²) in [6.45, 7) is 4.86. The Morgan fingerprint density at radius 3 is 2.75 bits per heavy atom. The van der Waals surface area contributed by atoms with Gasteiger partial charge in [-0.3, -0.25) is 4.79 Å². The van der Waals surface area contributed by atoms with Crippen LogP contribution in [-0.2, 0) is 4.79 Å². The van der Waals surface area contributed by atoms with Crippen LogP contribution in [0.3, 0.4) is 0 Å². The fourth-order valence-electron chi connectivity index (χ4n) is 6.61. The van der Waals surface area contributed by atoms with Gasteiger partial charge in [0.05, 0.1) is 0 Å². The maximum Gasteiger partial charge on any atom is 0.139 e. The Morgan fingerprint density at radius 2 is 1.90 bits per heavy atom. The van der Waals surface area contributed by atoms with E-state index in [4.69, 9.17) is 0 Å². The summed E-state index contributed by atoms with van der Waals surface area (Å²) < 4.78 is 0. The van der Waals surface area contributed by atoms with Crippen LogP contribution in [0, 0.1) is 34.5 Å². The first-order valence-electron chi connectivity index (χ1n) is 8.74. The van der Waals surface area contributed by atoms with Gasteiger partial charge in [0, 0.05) is 11.8 Å². The van der Waals surface area contributed by atoms with Crippen molar-refractivity contribution in [3.8, 4) is 0 Å². The number of carbonyl (C=O) groups is 1. The third-order valence-electron chi connectivity index (χ3n) is 7.92. The van der Waals surface area contributed by atoms with Crippen LogP contribution in [0.4, 0.5) is 0 Å². The van der Waals surface area contributed by atoms with Gasteiger partial charge in [0.15, 0.2) is 0 Å². The third-order valence-corrected chi connectivity index (χ3v) is 7.92. The van der Waals surface area contributed by atoms with Crippen molar-refractivity contribution in [1.82, 2.24) is 0 Å². The second-order valence-corrected chi connectivity index (χ2v) is 8.49. The summed E-state index contributed by atoms with van der Waals surface area (Å²) in [5.74, 6) is 3.92. The predicted molar refractivity (Wildman–Crippen MR) is 81.3 cm³/mol. The summed E-state index contributed by atoms with van der Waals surface area (Å²) in [6.07, 6.45) is 14.8. The minimum absolute atomic E-state index is 0.0505. The highest BCUT2D eigenvalue weighted by Crippen LogP contribution is 2.64. The van der Waals surface area contributed by atoms with E-state index in [2.05, 4.69) is 26.0 Å². The molecule has 1 nitrogen and oxygen atoms in total. The van der Waals surface area contributed by atoms with Crippen molar-refractivity contribution in [3.05, 3.63) is 12.2 Å². The summed E-state index contributed by atoms with van der Waals surface area (Å²) >= 11 is 0. The summed E-state index contributed by atoms with van der Waals surface area (Å²) in [6, 6.07) is 0. The average Bonchev–Trinajstić information content (AvgIpc) is 2.74. The Bertz CT molecular complexity index is 464. The van der Waals surface area contributed by atoms with E-state index in [1.807, 2.05) is 0 Å². The first-order chi connectivity index (χ1) is 9.56. The first kappa shape index (κ1) is 13.1. The van der Waals surface area contributed by atoms with Gasteiger partial charge in [-0.1, -0.05) is 26.0 Å². The summed E-state index contributed by atoms with van der Waals surface area (Å²) in [4.78, 5) is 12.4. The lowest BCUT2D eigenvalue weighted by molar-refractivity contribution is -0.136. The molecule has 0 aromatic heterocycles. The van der Waals surface area contributed by atoms with E-state index in [1.54, 1.807) is 0 Å². The zero-order valence-corrected chi connectivity index (χ0v) is 13.0. The molecule has 0 heterocycles. The lowest BCUT2D eigenvalue weighted by Crippen LogP contribution is -2.52. The Labute approximate surface area is 123 Å². The molecule has 0 bridgehead atoms. The van der Waals surface area contributed by atoms with Crippen molar-refractivity contribution >= 4 is 5.78 Å². The van der Waals surface area contributed by atoms with Gasteiger partial charge in [0.2, 0.25) is 0 Å². The van der Waals surface area contributed by atoms with Gasteiger partial charge in [-0.05, 0) is 74.0 Å². The number of hydrogen-bond donors (Lipinski definition) is 0. The van der Waals surface area contributed by atoms with Gasteiger partial charge in [-0.15, -0.1) is 0 Å². The van der Waals surface area contributed by atoms with Crippen LogP contribution in [0.15, 0.2) is 12.2 Å². The molecule has 0 aromatic rings. The largest absolute Gasteiger partial charge is 0.299 e. The van der Waals surface area contributed by atoms with Crippen molar-refractivity contribution in [1.29, 1.82) is 0 Å². The first-order valence-corrected chi connectivity index (χ1v) is 8.74. The van der Waals surface area contributed by atoms with E-state index in [-0.39, 0.29) is 5.41 Å². The molecule has 0 aromatic carbocycles. The highest BCUT2D eigenvalue weighted by molar-refractivity contribution is 5.87. The molecule has 0 unspecified atom stereocenters. The summed E-state index contributed by atoms with van der Waals surface area (Å²) in [7, 11) is 0. The number of fused-ring (bicyclic) bond motifs is 5. The standard InChI is InChI=1S/C19H28O/c1-18-11-4-3-5-13(18)6-7-14-15-8-9-17(20)19(15,2)12-10-16(14)18/h3-4,13-16H,5-12H2,1-2H3/t13-,14-,15+,16+,18-,19-/m0/s1. The predicted octanol–water partition coefficient (Wildman–Crippen LogP) is 4.76. The third kappa shape index (κ3) is 1.53. The van der Waals surface area contributed by atoms with E-state index in [0.29, 0.717) is 17.1 Å². The Hall–Kier alpha value is -0.590. The molecule has 3 saturated carbocycles. The maximum absolute atomic E-state index is 12.4. The Balaban J connectivity index is 1.68. The monoisotopic (exact) mass is 272 g/mol. The number of hydrogen-bond acceptors (Lipinski definition) is 1. The minimum atomic E-state index is 0.0505. The molecule has 0 amide bonds. The number of Topliss-reactive ketones (excluding diaryl/α,β-unsaturated/α-hetero) is 1. The number of ketones is 1. The Kier molecular flexibility index (Phi) is 2.76. The fraction of sp³-hybridized carbons (Fsp3) is 0.842. The highest BCUT2D eigenvalue weighted by Gasteiger charge is 2.59. The molecule has 20 heavy (non-hydrogen) atoms. The van der Waals surface area contributed by atoms with Gasteiger partial charge in [0.1, 0.15) is 5.78 Å². The van der Waals surface area contributed by atoms with Crippen LogP contribution in [-0.4, -0.2) is 5.78 Å². The zero-order chi connectivity index (χ0) is 14.0. The van der Waals surface area contributed by atoms with Crippen LogP contribution < -0.4 is 0 Å². The molecule has 4 aliphatic rings. The van der Waals surface area contributed by atoms with E-state index >= 15 is 0 Å². The second-order valence-electron chi connectivity index (χ2n) is 8.49. The number of rotatable bonds is 0. The van der Waals surface area contributed by atoms with E-state index in [9.17, 15) is 4.79 Å². The quantitative estimate of drug-likeness (QED) is 0.581. The van der Waals surface area contributed by atoms with Crippen LogP contribution in [0.2, 0.25) is 0 Å². The molecule has 6 atom stereocenters. The van der Waals surface area contributed by atoms with Crippen LogP contribution >= 0.6 is 0 Å². The highest BCUT2D eigenvalue weighted by atomic mass is 16.1. The van der Waals surface area contributed by atoms with E-state index in [1.165, 1.54) is 44.9 Å². The lowest BCUT2D eigenvalue weighted by atomic mass is 9.46. The molecule has 0 N–H and O–H groups in total. The molecule has 1 heteroatoms. The molecule has 0 aliphatic heterocycles. The SMILES string of the molecule is C[C@]12CC=CC[C@H]1CC[C@@H]1[C@H]2CC[C@]2(C)C(=O)CC[C@H]12. The molecule has 0 spiro atoms. The van der Waals surface area contributed by atoms with Crippen molar-refractivity contribution in [2.24, 2.45) is 34.5 Å².